The van der Waals surface area contributed by atoms with Gasteiger partial charge in [0.2, 0.25) is 0 Å². The highest BCUT2D eigenvalue weighted by Crippen LogP contribution is 2.29. The third-order valence-electron chi connectivity index (χ3n) is 5.31. The van der Waals surface area contributed by atoms with Gasteiger partial charge in [0.25, 0.3) is 0 Å². The number of rotatable bonds is 9. The molecule has 0 saturated heterocycles. The van der Waals surface area contributed by atoms with Gasteiger partial charge in [-0.1, -0.05) is 54.6 Å². The Labute approximate surface area is 194 Å². The second kappa shape index (κ2) is 11.4. The molecule has 4 aromatic rings. The van der Waals surface area contributed by atoms with Gasteiger partial charge in [0.05, 0.1) is 12.6 Å². The van der Waals surface area contributed by atoms with Crippen LogP contribution in [0.15, 0.2) is 79.0 Å². The lowest BCUT2D eigenvalue weighted by atomic mass is 10.0. The Balaban J connectivity index is 0.00000289. The number of aromatic nitrogens is 1. The van der Waals surface area contributed by atoms with Gasteiger partial charge < -0.3 is 20.5 Å². The van der Waals surface area contributed by atoms with E-state index in [4.69, 9.17) is 4.74 Å². The van der Waals surface area contributed by atoms with E-state index < -0.39 is 0 Å². The lowest BCUT2D eigenvalue weighted by Crippen LogP contribution is -2.17. The number of para-hydroxylation sites is 1. The molecule has 32 heavy (non-hydrogen) atoms. The molecule has 5 nitrogen and oxygen atoms in total. The van der Waals surface area contributed by atoms with Crippen molar-refractivity contribution in [2.24, 2.45) is 0 Å². The molecule has 166 valence electrons. The Morgan fingerprint density at radius 3 is 2.56 bits per heavy atom. The van der Waals surface area contributed by atoms with Crippen molar-refractivity contribution in [2.75, 3.05) is 25.5 Å². The van der Waals surface area contributed by atoms with Crippen molar-refractivity contribution in [3.05, 3.63) is 84.6 Å². The van der Waals surface area contributed by atoms with Gasteiger partial charge in [-0.3, -0.25) is 4.98 Å². The number of aromatic hydroxyl groups is 1. The van der Waals surface area contributed by atoms with Crippen molar-refractivity contribution in [2.45, 2.75) is 13.0 Å². The van der Waals surface area contributed by atoms with Crippen LogP contribution in [0.5, 0.6) is 11.5 Å². The maximum Gasteiger partial charge on any atom is 0.162 e. The number of halogens is 1. The van der Waals surface area contributed by atoms with E-state index in [1.54, 1.807) is 13.2 Å². The lowest BCUT2D eigenvalue weighted by Gasteiger charge is -2.12. The quantitative estimate of drug-likeness (QED) is 0.289. The van der Waals surface area contributed by atoms with Crippen LogP contribution in [-0.2, 0) is 6.54 Å². The minimum Gasteiger partial charge on any atom is -0.504 e. The Hall–Kier alpha value is -3.28. The summed E-state index contributed by atoms with van der Waals surface area (Å²) in [6.45, 7) is 2.28. The number of benzene rings is 3. The first-order chi connectivity index (χ1) is 15.3. The second-order valence-electron chi connectivity index (χ2n) is 7.38. The van der Waals surface area contributed by atoms with E-state index in [0.717, 1.165) is 41.7 Å². The van der Waals surface area contributed by atoms with E-state index in [1.165, 1.54) is 11.1 Å². The molecule has 0 saturated carbocycles. The van der Waals surface area contributed by atoms with Gasteiger partial charge in [-0.15, -0.1) is 12.4 Å². The Morgan fingerprint density at radius 1 is 0.906 bits per heavy atom. The Bertz CT molecular complexity index is 1150. The summed E-state index contributed by atoms with van der Waals surface area (Å²) in [7, 11) is 1.56. The molecular formula is C26H28ClN3O2. The van der Waals surface area contributed by atoms with Crippen LogP contribution in [0.4, 0.5) is 5.69 Å². The number of anilines is 1. The zero-order valence-electron chi connectivity index (χ0n) is 18.0. The predicted molar refractivity (Wildman–Crippen MR) is 134 cm³/mol. The van der Waals surface area contributed by atoms with Crippen LogP contribution in [0.3, 0.4) is 0 Å². The van der Waals surface area contributed by atoms with E-state index in [-0.39, 0.29) is 18.2 Å². The number of nitrogens with one attached hydrogen (secondary N) is 2. The van der Waals surface area contributed by atoms with Gasteiger partial charge in [-0.2, -0.15) is 0 Å². The normalized spacial score (nSPS) is 10.5. The average molecular weight is 450 g/mol. The summed E-state index contributed by atoms with van der Waals surface area (Å²) in [6.07, 6.45) is 2.81. The van der Waals surface area contributed by atoms with Crippen LogP contribution < -0.4 is 15.4 Å². The number of hydrogen-bond acceptors (Lipinski definition) is 5. The zero-order chi connectivity index (χ0) is 21.5. The number of methoxy groups -OCH3 is 1. The molecule has 0 spiro atoms. The summed E-state index contributed by atoms with van der Waals surface area (Å²) >= 11 is 0. The minimum atomic E-state index is 0. The first-order valence-corrected chi connectivity index (χ1v) is 10.5. The Morgan fingerprint density at radius 2 is 1.75 bits per heavy atom. The summed E-state index contributed by atoms with van der Waals surface area (Å²) < 4.78 is 5.15. The van der Waals surface area contributed by atoms with E-state index in [2.05, 4.69) is 58.1 Å². The fourth-order valence-corrected chi connectivity index (χ4v) is 3.65. The first-order valence-electron chi connectivity index (χ1n) is 10.5. The summed E-state index contributed by atoms with van der Waals surface area (Å²) in [6, 6.07) is 24.3. The van der Waals surface area contributed by atoms with Crippen LogP contribution in [0, 0.1) is 0 Å². The number of phenolic OH excluding ortho intramolecular Hbond substituents is 1. The first kappa shape index (κ1) is 23.4. The highest BCUT2D eigenvalue weighted by atomic mass is 35.5. The molecule has 3 aromatic carbocycles. The summed E-state index contributed by atoms with van der Waals surface area (Å²) in [5.74, 6) is 0.703. The van der Waals surface area contributed by atoms with Crippen LogP contribution in [0.25, 0.3) is 22.0 Å². The van der Waals surface area contributed by atoms with Crippen LogP contribution in [-0.4, -0.2) is 30.3 Å². The molecule has 1 aromatic heterocycles. The monoisotopic (exact) mass is 449 g/mol. The van der Waals surface area contributed by atoms with Crippen molar-refractivity contribution in [1.29, 1.82) is 0 Å². The zero-order valence-corrected chi connectivity index (χ0v) is 18.9. The molecule has 3 N–H and O–H groups in total. The summed E-state index contributed by atoms with van der Waals surface area (Å²) in [4.78, 5) is 4.56. The average Bonchev–Trinajstić information content (AvgIpc) is 2.82. The number of ether oxygens (including phenoxy) is 1. The fraction of sp³-hybridized carbons (Fsp3) is 0.192. The molecule has 0 fully saturated rings. The van der Waals surface area contributed by atoms with E-state index in [0.29, 0.717) is 12.3 Å². The van der Waals surface area contributed by atoms with Crippen molar-refractivity contribution in [3.63, 3.8) is 0 Å². The van der Waals surface area contributed by atoms with Crippen molar-refractivity contribution in [3.8, 4) is 22.6 Å². The van der Waals surface area contributed by atoms with Gasteiger partial charge in [-0.05, 0) is 42.3 Å². The summed E-state index contributed by atoms with van der Waals surface area (Å²) in [5, 5.41) is 18.2. The molecule has 0 radical (unpaired) electrons. The molecule has 0 atom stereocenters. The van der Waals surface area contributed by atoms with E-state index >= 15 is 0 Å². The van der Waals surface area contributed by atoms with Crippen LogP contribution in [0.2, 0.25) is 0 Å². The highest BCUT2D eigenvalue weighted by molar-refractivity contribution is 5.93. The predicted octanol–water partition coefficient (Wildman–Crippen LogP) is 5.63. The van der Waals surface area contributed by atoms with E-state index in [9.17, 15) is 5.11 Å². The third kappa shape index (κ3) is 5.49. The minimum absolute atomic E-state index is 0. The summed E-state index contributed by atoms with van der Waals surface area (Å²) in [5.41, 5.74) is 5.27. The van der Waals surface area contributed by atoms with Crippen molar-refractivity contribution in [1.82, 2.24) is 10.3 Å². The largest absolute Gasteiger partial charge is 0.504 e. The lowest BCUT2D eigenvalue weighted by molar-refractivity contribution is 0.369. The second-order valence-corrected chi connectivity index (χ2v) is 7.38. The smallest absolute Gasteiger partial charge is 0.162 e. The standard InChI is InChI=1S/C26H27N3O2.ClH/c1-31-25-10-5-9-21(26(25)30)18-27-14-6-15-28-23-13-16-29-24-17-20(11-12-22(23)24)19-7-3-2-4-8-19;/h2-5,7-13,16-17,27,30H,6,14-15,18H2,1H3,(H,28,29);1H. The van der Waals surface area contributed by atoms with Gasteiger partial charge in [-0.25, -0.2) is 0 Å². The number of phenols is 1. The molecule has 6 heteroatoms. The molecule has 0 aliphatic heterocycles. The Kier molecular flexibility index (Phi) is 8.31. The van der Waals surface area contributed by atoms with Crippen molar-refractivity contribution >= 4 is 29.0 Å². The fourth-order valence-electron chi connectivity index (χ4n) is 3.65. The molecular weight excluding hydrogens is 422 g/mol. The van der Waals surface area contributed by atoms with Gasteiger partial charge in [0.1, 0.15) is 0 Å². The number of pyridine rings is 1. The van der Waals surface area contributed by atoms with Crippen LogP contribution >= 0.6 is 12.4 Å². The molecule has 1 heterocycles. The molecule has 0 unspecified atom stereocenters. The number of fused-ring (bicyclic) bond motifs is 1. The molecule has 0 aliphatic carbocycles. The molecule has 0 aliphatic rings. The molecule has 4 rings (SSSR count). The topological polar surface area (TPSA) is 66.4 Å². The highest BCUT2D eigenvalue weighted by Gasteiger charge is 2.07. The third-order valence-corrected chi connectivity index (χ3v) is 5.31. The van der Waals surface area contributed by atoms with Gasteiger partial charge in [0.15, 0.2) is 11.5 Å². The van der Waals surface area contributed by atoms with Crippen molar-refractivity contribution < 1.29 is 9.84 Å². The molecule has 0 amide bonds. The number of nitrogens with zero attached hydrogens (tertiary/aromatic N) is 1. The van der Waals surface area contributed by atoms with Gasteiger partial charge >= 0.3 is 0 Å². The van der Waals surface area contributed by atoms with E-state index in [1.807, 2.05) is 30.5 Å². The SMILES string of the molecule is COc1cccc(CNCCCNc2ccnc3cc(-c4ccccc4)ccc23)c1O.Cl. The molecule has 0 bridgehead atoms. The maximum atomic E-state index is 10.1. The van der Waals surface area contributed by atoms with Crippen LogP contribution in [0.1, 0.15) is 12.0 Å². The number of hydrogen-bond donors (Lipinski definition) is 3. The van der Waals surface area contributed by atoms with Gasteiger partial charge in [0, 0.05) is 35.9 Å². The maximum absolute atomic E-state index is 10.1.